The lowest BCUT2D eigenvalue weighted by Crippen LogP contribution is -2.25. The molecule has 0 unspecified atom stereocenters. The Morgan fingerprint density at radius 2 is 1.88 bits per heavy atom. The summed E-state index contributed by atoms with van der Waals surface area (Å²) >= 11 is 16.7. The first-order valence-electron chi connectivity index (χ1n) is 7.05. The summed E-state index contributed by atoms with van der Waals surface area (Å²) in [6.07, 6.45) is -4.45. The standard InChI is InChI=1S/C16H12Cl2F3N3OS/c1-8(12-6-10(17)7-13(18)14(12)25)23-24-15(26)22-11-4-2-3-9(5-11)16(19,20)21/h2-7,25H,1H3,(H2,22,24,26). The van der Waals surface area contributed by atoms with E-state index in [1.54, 1.807) is 6.92 Å². The molecule has 0 aliphatic carbocycles. The van der Waals surface area contributed by atoms with Crippen molar-refractivity contribution >= 4 is 51.9 Å². The van der Waals surface area contributed by atoms with Gasteiger partial charge in [-0.15, -0.1) is 0 Å². The molecular formula is C16H12Cl2F3N3OS. The zero-order valence-corrected chi connectivity index (χ0v) is 15.5. The maximum atomic E-state index is 12.7. The van der Waals surface area contributed by atoms with Crippen LogP contribution in [0.25, 0.3) is 0 Å². The number of nitrogens with zero attached hydrogens (tertiary/aromatic N) is 1. The molecule has 10 heteroatoms. The monoisotopic (exact) mass is 421 g/mol. The molecule has 0 amide bonds. The number of hydrogen-bond acceptors (Lipinski definition) is 3. The molecule has 2 aromatic carbocycles. The largest absolute Gasteiger partial charge is 0.506 e. The van der Waals surface area contributed by atoms with Crippen LogP contribution in [0.1, 0.15) is 18.1 Å². The minimum Gasteiger partial charge on any atom is -0.506 e. The number of anilines is 1. The minimum absolute atomic E-state index is 0.0312. The van der Waals surface area contributed by atoms with Gasteiger partial charge in [0.2, 0.25) is 0 Å². The van der Waals surface area contributed by atoms with Gasteiger partial charge in [0, 0.05) is 16.3 Å². The Hall–Kier alpha value is -2.03. The van der Waals surface area contributed by atoms with Gasteiger partial charge < -0.3 is 10.4 Å². The van der Waals surface area contributed by atoms with Crippen molar-refractivity contribution in [3.8, 4) is 5.75 Å². The van der Waals surface area contributed by atoms with Gasteiger partial charge in [0.05, 0.1) is 16.3 Å². The van der Waals surface area contributed by atoms with E-state index in [2.05, 4.69) is 15.8 Å². The van der Waals surface area contributed by atoms with E-state index in [4.69, 9.17) is 35.4 Å². The lowest BCUT2D eigenvalue weighted by Gasteiger charge is -2.11. The third-order valence-corrected chi connectivity index (χ3v) is 3.89. The summed E-state index contributed by atoms with van der Waals surface area (Å²) in [7, 11) is 0. The SMILES string of the molecule is CC(=NNC(=S)Nc1cccc(C(F)(F)F)c1)c1cc(Cl)cc(Cl)c1O. The molecule has 0 aromatic heterocycles. The summed E-state index contributed by atoms with van der Waals surface area (Å²) in [5, 5.41) is 16.8. The number of alkyl halides is 3. The van der Waals surface area contributed by atoms with Crippen LogP contribution in [-0.2, 0) is 6.18 Å². The van der Waals surface area contributed by atoms with Crippen LogP contribution in [0.3, 0.4) is 0 Å². The first-order valence-corrected chi connectivity index (χ1v) is 8.21. The number of rotatable bonds is 3. The molecule has 0 saturated carbocycles. The number of hydrazone groups is 1. The fraction of sp³-hybridized carbons (Fsp3) is 0.125. The Morgan fingerprint density at radius 1 is 1.19 bits per heavy atom. The van der Waals surface area contributed by atoms with Gasteiger partial charge in [-0.05, 0) is 49.5 Å². The Balaban J connectivity index is 2.10. The highest BCUT2D eigenvalue weighted by Crippen LogP contribution is 2.32. The van der Waals surface area contributed by atoms with E-state index in [0.717, 1.165) is 12.1 Å². The molecule has 0 bridgehead atoms. The molecule has 26 heavy (non-hydrogen) atoms. The molecule has 4 nitrogen and oxygen atoms in total. The number of benzene rings is 2. The Morgan fingerprint density at radius 3 is 2.54 bits per heavy atom. The maximum absolute atomic E-state index is 12.7. The van der Waals surface area contributed by atoms with Crippen molar-refractivity contribution in [2.45, 2.75) is 13.1 Å². The van der Waals surface area contributed by atoms with Crippen LogP contribution in [0, 0.1) is 0 Å². The summed E-state index contributed by atoms with van der Waals surface area (Å²) in [5.41, 5.74) is 2.44. The smallest absolute Gasteiger partial charge is 0.416 e. The van der Waals surface area contributed by atoms with Gasteiger partial charge >= 0.3 is 6.18 Å². The van der Waals surface area contributed by atoms with Crippen molar-refractivity contribution < 1.29 is 18.3 Å². The van der Waals surface area contributed by atoms with Gasteiger partial charge in [0.1, 0.15) is 5.75 Å². The number of thiocarbonyl (C=S) groups is 1. The highest BCUT2D eigenvalue weighted by molar-refractivity contribution is 7.80. The van der Waals surface area contributed by atoms with E-state index in [0.29, 0.717) is 10.7 Å². The van der Waals surface area contributed by atoms with E-state index in [9.17, 15) is 18.3 Å². The molecule has 0 spiro atoms. The van der Waals surface area contributed by atoms with Gasteiger partial charge in [-0.25, -0.2) is 0 Å². The van der Waals surface area contributed by atoms with Crippen LogP contribution in [0.2, 0.25) is 10.0 Å². The third kappa shape index (κ3) is 5.23. The van der Waals surface area contributed by atoms with Crippen molar-refractivity contribution in [1.82, 2.24) is 5.43 Å². The fourth-order valence-corrected chi connectivity index (χ4v) is 2.63. The van der Waals surface area contributed by atoms with Crippen molar-refractivity contribution in [2.24, 2.45) is 5.10 Å². The number of nitrogens with one attached hydrogen (secondary N) is 2. The molecule has 0 saturated heterocycles. The normalized spacial score (nSPS) is 12.0. The molecule has 0 fully saturated rings. The molecule has 0 aliphatic rings. The van der Waals surface area contributed by atoms with E-state index in [-0.39, 0.29) is 27.1 Å². The van der Waals surface area contributed by atoms with Crippen molar-refractivity contribution in [3.05, 3.63) is 57.6 Å². The number of phenols is 1. The summed E-state index contributed by atoms with van der Waals surface area (Å²) in [6.45, 7) is 1.57. The Bertz CT molecular complexity index is 872. The summed E-state index contributed by atoms with van der Waals surface area (Å²) in [6, 6.07) is 7.41. The van der Waals surface area contributed by atoms with E-state index < -0.39 is 11.7 Å². The number of aromatic hydroxyl groups is 1. The lowest BCUT2D eigenvalue weighted by molar-refractivity contribution is -0.137. The van der Waals surface area contributed by atoms with Crippen LogP contribution in [0.15, 0.2) is 41.5 Å². The van der Waals surface area contributed by atoms with Crippen LogP contribution >= 0.6 is 35.4 Å². The van der Waals surface area contributed by atoms with Crippen LogP contribution < -0.4 is 10.7 Å². The second-order valence-electron chi connectivity index (χ2n) is 5.13. The highest BCUT2D eigenvalue weighted by Gasteiger charge is 2.30. The van der Waals surface area contributed by atoms with Crippen molar-refractivity contribution in [3.63, 3.8) is 0 Å². The summed E-state index contributed by atoms with van der Waals surface area (Å²) in [4.78, 5) is 0. The molecule has 2 aromatic rings. The third-order valence-electron chi connectivity index (χ3n) is 3.19. The molecule has 0 aliphatic heterocycles. The topological polar surface area (TPSA) is 56.7 Å². The second-order valence-corrected chi connectivity index (χ2v) is 6.38. The quantitative estimate of drug-likeness (QED) is 0.351. The van der Waals surface area contributed by atoms with E-state index in [1.165, 1.54) is 24.3 Å². The van der Waals surface area contributed by atoms with Gasteiger partial charge in [0.15, 0.2) is 5.11 Å². The maximum Gasteiger partial charge on any atom is 0.416 e. The Kier molecular flexibility index (Phi) is 6.33. The van der Waals surface area contributed by atoms with Gasteiger partial charge in [-0.2, -0.15) is 18.3 Å². The highest BCUT2D eigenvalue weighted by atomic mass is 35.5. The summed E-state index contributed by atoms with van der Waals surface area (Å²) < 4.78 is 38.1. The molecule has 0 atom stereocenters. The van der Waals surface area contributed by atoms with Crippen LogP contribution in [0.4, 0.5) is 18.9 Å². The first-order chi connectivity index (χ1) is 12.1. The van der Waals surface area contributed by atoms with Crippen molar-refractivity contribution in [2.75, 3.05) is 5.32 Å². The second kappa shape index (κ2) is 8.11. The lowest BCUT2D eigenvalue weighted by atomic mass is 10.1. The number of phenolic OH excluding ortho intramolecular Hbond substituents is 1. The van der Waals surface area contributed by atoms with Crippen LogP contribution in [0.5, 0.6) is 5.75 Å². The predicted octanol–water partition coefficient (Wildman–Crippen LogP) is 5.43. The Labute approximate surface area is 162 Å². The molecule has 138 valence electrons. The minimum atomic E-state index is -4.45. The van der Waals surface area contributed by atoms with Gasteiger partial charge in [0.25, 0.3) is 0 Å². The van der Waals surface area contributed by atoms with E-state index >= 15 is 0 Å². The summed E-state index contributed by atoms with van der Waals surface area (Å²) in [5.74, 6) is -0.198. The predicted molar refractivity (Wildman–Crippen MR) is 101 cm³/mol. The average Bonchev–Trinajstić information content (AvgIpc) is 2.55. The number of hydrogen-bond donors (Lipinski definition) is 3. The van der Waals surface area contributed by atoms with Crippen molar-refractivity contribution in [1.29, 1.82) is 0 Å². The van der Waals surface area contributed by atoms with Crippen LogP contribution in [-0.4, -0.2) is 15.9 Å². The molecule has 0 heterocycles. The van der Waals surface area contributed by atoms with Gasteiger partial charge in [-0.1, -0.05) is 29.3 Å². The zero-order chi connectivity index (χ0) is 19.5. The average molecular weight is 422 g/mol. The molecule has 3 N–H and O–H groups in total. The molecule has 2 rings (SSSR count). The molecular weight excluding hydrogens is 410 g/mol. The molecule has 0 radical (unpaired) electrons. The van der Waals surface area contributed by atoms with Gasteiger partial charge in [-0.3, -0.25) is 5.43 Å². The fourth-order valence-electron chi connectivity index (χ4n) is 1.97. The first kappa shape index (κ1) is 20.3. The number of halogens is 5. The zero-order valence-electron chi connectivity index (χ0n) is 13.2. The van der Waals surface area contributed by atoms with E-state index in [1.807, 2.05) is 0 Å².